The van der Waals surface area contributed by atoms with Gasteiger partial charge in [-0.2, -0.15) is 0 Å². The normalized spacial score (nSPS) is 10.3. The summed E-state index contributed by atoms with van der Waals surface area (Å²) in [6.45, 7) is 0.815. The van der Waals surface area contributed by atoms with Crippen LogP contribution >= 0.6 is 15.9 Å². The molecule has 0 aliphatic carbocycles. The second kappa shape index (κ2) is 8.44. The lowest BCUT2D eigenvalue weighted by atomic mass is 10.2. The van der Waals surface area contributed by atoms with Gasteiger partial charge in [-0.25, -0.2) is 4.98 Å². The van der Waals surface area contributed by atoms with Gasteiger partial charge in [0.25, 0.3) is 5.91 Å². The van der Waals surface area contributed by atoms with Crippen LogP contribution in [0, 0.1) is 0 Å². The molecule has 3 aromatic rings. The molecule has 1 amide bonds. The summed E-state index contributed by atoms with van der Waals surface area (Å²) in [7, 11) is 0. The third-order valence-corrected chi connectivity index (χ3v) is 4.01. The van der Waals surface area contributed by atoms with E-state index in [1.54, 1.807) is 12.1 Å². The van der Waals surface area contributed by atoms with Gasteiger partial charge in [0.2, 0.25) is 0 Å². The lowest BCUT2D eigenvalue weighted by molar-refractivity contribution is 0.0940. The molecule has 25 heavy (non-hydrogen) atoms. The van der Waals surface area contributed by atoms with Crippen LogP contribution in [-0.2, 0) is 13.2 Å². The van der Waals surface area contributed by atoms with Crippen LogP contribution in [0.15, 0.2) is 77.4 Å². The quantitative estimate of drug-likeness (QED) is 0.629. The summed E-state index contributed by atoms with van der Waals surface area (Å²) in [5, 5.41) is 2.88. The van der Waals surface area contributed by atoms with Gasteiger partial charge in [0.05, 0.1) is 0 Å². The van der Waals surface area contributed by atoms with Crippen LogP contribution in [0.4, 0.5) is 0 Å². The van der Waals surface area contributed by atoms with Gasteiger partial charge in [-0.15, -0.1) is 0 Å². The Hall–Kier alpha value is -2.66. The molecule has 0 unspecified atom stereocenters. The minimum absolute atomic E-state index is 0.265. The van der Waals surface area contributed by atoms with Crippen LogP contribution in [-0.4, -0.2) is 10.9 Å². The molecule has 126 valence electrons. The topological polar surface area (TPSA) is 51.2 Å². The van der Waals surface area contributed by atoms with Gasteiger partial charge in [-0.1, -0.05) is 60.7 Å². The summed E-state index contributed by atoms with van der Waals surface area (Å²) in [4.78, 5) is 16.8. The highest BCUT2D eigenvalue weighted by Crippen LogP contribution is 2.21. The van der Waals surface area contributed by atoms with Crippen LogP contribution in [0.3, 0.4) is 0 Å². The van der Waals surface area contributed by atoms with Gasteiger partial charge in [-0.3, -0.25) is 4.79 Å². The van der Waals surface area contributed by atoms with Crippen LogP contribution in [0.5, 0.6) is 5.75 Å². The molecular weight excluding hydrogens is 380 g/mol. The molecule has 1 aromatic heterocycles. The first-order valence-electron chi connectivity index (χ1n) is 7.88. The number of aromatic nitrogens is 1. The Morgan fingerprint density at radius 3 is 2.24 bits per heavy atom. The number of nitrogens with one attached hydrogen (secondary N) is 1. The summed E-state index contributed by atoms with van der Waals surface area (Å²) in [5.41, 5.74) is 2.32. The van der Waals surface area contributed by atoms with Gasteiger partial charge < -0.3 is 10.1 Å². The van der Waals surface area contributed by atoms with Gasteiger partial charge in [0, 0.05) is 6.54 Å². The van der Waals surface area contributed by atoms with Crippen LogP contribution in [0.2, 0.25) is 0 Å². The first-order chi connectivity index (χ1) is 12.2. The number of hydrogen-bond acceptors (Lipinski definition) is 3. The lowest BCUT2D eigenvalue weighted by Gasteiger charge is -2.11. The van der Waals surface area contributed by atoms with Gasteiger partial charge in [-0.05, 0) is 39.2 Å². The molecule has 0 saturated heterocycles. The SMILES string of the molecule is O=C(NCc1ccccc1)c1nc(Br)ccc1OCc1ccccc1. The van der Waals surface area contributed by atoms with Crippen molar-refractivity contribution < 1.29 is 9.53 Å². The zero-order valence-electron chi connectivity index (χ0n) is 13.5. The van der Waals surface area contributed by atoms with E-state index in [0.29, 0.717) is 23.5 Å². The Balaban J connectivity index is 1.70. The monoisotopic (exact) mass is 396 g/mol. The predicted octanol–water partition coefficient (Wildman–Crippen LogP) is 4.35. The standard InChI is InChI=1S/C20H17BrN2O2/c21-18-12-11-17(25-14-16-9-5-2-6-10-16)19(23-18)20(24)22-13-15-7-3-1-4-8-15/h1-12H,13-14H2,(H,22,24). The summed E-state index contributed by atoms with van der Waals surface area (Å²) < 4.78 is 6.39. The van der Waals surface area contributed by atoms with Gasteiger partial charge >= 0.3 is 0 Å². The molecular formula is C20H17BrN2O2. The highest BCUT2D eigenvalue weighted by molar-refractivity contribution is 9.10. The van der Waals surface area contributed by atoms with E-state index in [0.717, 1.165) is 11.1 Å². The molecule has 1 heterocycles. The molecule has 0 atom stereocenters. The smallest absolute Gasteiger partial charge is 0.274 e. The fraction of sp³-hybridized carbons (Fsp3) is 0.100. The van der Waals surface area contributed by atoms with Gasteiger partial charge in [0.15, 0.2) is 11.4 Å². The Morgan fingerprint density at radius 1 is 0.920 bits per heavy atom. The number of carbonyl (C=O) groups is 1. The van der Waals surface area contributed by atoms with E-state index in [9.17, 15) is 4.79 Å². The zero-order chi connectivity index (χ0) is 17.5. The average molecular weight is 397 g/mol. The zero-order valence-corrected chi connectivity index (χ0v) is 15.1. The second-order valence-corrected chi connectivity index (χ2v) is 6.24. The molecule has 1 N–H and O–H groups in total. The Morgan fingerprint density at radius 2 is 1.56 bits per heavy atom. The third kappa shape index (κ3) is 4.90. The van der Waals surface area contributed by atoms with Crippen molar-refractivity contribution in [3.05, 3.63) is 94.2 Å². The van der Waals surface area contributed by atoms with Crippen molar-refractivity contribution in [2.75, 3.05) is 0 Å². The molecule has 3 rings (SSSR count). The molecule has 0 saturated carbocycles. The van der Waals surface area contributed by atoms with Crippen molar-refractivity contribution in [1.82, 2.24) is 10.3 Å². The molecule has 0 radical (unpaired) electrons. The second-order valence-electron chi connectivity index (χ2n) is 5.42. The number of ether oxygens (including phenoxy) is 1. The minimum Gasteiger partial charge on any atom is -0.486 e. The number of nitrogens with zero attached hydrogens (tertiary/aromatic N) is 1. The fourth-order valence-electron chi connectivity index (χ4n) is 2.30. The number of carbonyl (C=O) groups excluding carboxylic acids is 1. The number of amides is 1. The molecule has 0 aliphatic heterocycles. The van der Waals surface area contributed by atoms with E-state index >= 15 is 0 Å². The highest BCUT2D eigenvalue weighted by Gasteiger charge is 2.15. The summed E-state index contributed by atoms with van der Waals surface area (Å²) in [6, 6.07) is 23.0. The highest BCUT2D eigenvalue weighted by atomic mass is 79.9. The van der Waals surface area contributed by atoms with Crippen molar-refractivity contribution in [3.8, 4) is 5.75 Å². The van der Waals surface area contributed by atoms with E-state index < -0.39 is 0 Å². The summed E-state index contributed by atoms with van der Waals surface area (Å²) >= 11 is 3.31. The molecule has 0 fully saturated rings. The maximum atomic E-state index is 12.5. The van der Waals surface area contributed by atoms with Crippen molar-refractivity contribution >= 4 is 21.8 Å². The molecule has 0 bridgehead atoms. The van der Waals surface area contributed by atoms with Crippen molar-refractivity contribution in [2.24, 2.45) is 0 Å². The molecule has 5 heteroatoms. The number of rotatable bonds is 6. The largest absolute Gasteiger partial charge is 0.486 e. The van der Waals surface area contributed by atoms with E-state index in [4.69, 9.17) is 4.74 Å². The Bertz CT molecular complexity index is 839. The average Bonchev–Trinajstić information content (AvgIpc) is 2.66. The Labute approximate surface area is 155 Å². The first-order valence-corrected chi connectivity index (χ1v) is 8.67. The summed E-state index contributed by atoms with van der Waals surface area (Å²) in [6.07, 6.45) is 0. The molecule has 0 aliphatic rings. The van der Waals surface area contributed by atoms with Crippen molar-refractivity contribution in [1.29, 1.82) is 0 Å². The van der Waals surface area contributed by atoms with Crippen LogP contribution in [0.1, 0.15) is 21.6 Å². The first kappa shape index (κ1) is 17.2. The van der Waals surface area contributed by atoms with E-state index in [1.807, 2.05) is 60.7 Å². The molecule has 2 aromatic carbocycles. The number of hydrogen-bond donors (Lipinski definition) is 1. The van der Waals surface area contributed by atoms with E-state index in [-0.39, 0.29) is 11.6 Å². The van der Waals surface area contributed by atoms with E-state index in [1.165, 1.54) is 0 Å². The van der Waals surface area contributed by atoms with Crippen LogP contribution < -0.4 is 10.1 Å². The lowest BCUT2D eigenvalue weighted by Crippen LogP contribution is -2.24. The maximum absolute atomic E-state index is 12.5. The maximum Gasteiger partial charge on any atom is 0.274 e. The minimum atomic E-state index is -0.270. The number of pyridine rings is 1. The van der Waals surface area contributed by atoms with Crippen molar-refractivity contribution in [3.63, 3.8) is 0 Å². The summed E-state index contributed by atoms with van der Waals surface area (Å²) in [5.74, 6) is 0.186. The van der Waals surface area contributed by atoms with E-state index in [2.05, 4.69) is 26.2 Å². The fourth-order valence-corrected chi connectivity index (χ4v) is 2.61. The van der Waals surface area contributed by atoms with Crippen LogP contribution in [0.25, 0.3) is 0 Å². The Kier molecular flexibility index (Phi) is 5.80. The molecule has 4 nitrogen and oxygen atoms in total. The van der Waals surface area contributed by atoms with Crippen molar-refractivity contribution in [2.45, 2.75) is 13.2 Å². The van der Waals surface area contributed by atoms with Gasteiger partial charge in [0.1, 0.15) is 11.2 Å². The third-order valence-electron chi connectivity index (χ3n) is 3.57. The number of halogens is 1. The number of benzene rings is 2. The predicted molar refractivity (Wildman–Crippen MR) is 100 cm³/mol. The molecule has 0 spiro atoms.